The summed E-state index contributed by atoms with van der Waals surface area (Å²) in [5.41, 5.74) is 9.24. The van der Waals surface area contributed by atoms with Crippen molar-refractivity contribution in [2.75, 3.05) is 4.90 Å². The second-order valence-electron chi connectivity index (χ2n) is 11.2. The molecule has 9 aromatic rings. The predicted molar refractivity (Wildman–Crippen MR) is 184 cm³/mol. The van der Waals surface area contributed by atoms with E-state index in [2.05, 4.69) is 108 Å². The number of nitrogens with zero attached hydrogens (tertiary/aromatic N) is 2. The summed E-state index contributed by atoms with van der Waals surface area (Å²) in [6, 6.07) is 54.4. The fourth-order valence-electron chi connectivity index (χ4n) is 6.31. The van der Waals surface area contributed by atoms with Crippen molar-refractivity contribution < 1.29 is 8.83 Å². The fourth-order valence-corrected chi connectivity index (χ4v) is 6.31. The largest absolute Gasteiger partial charge is 0.454 e. The molecule has 0 unspecified atom stereocenters. The van der Waals surface area contributed by atoms with E-state index in [-0.39, 0.29) is 0 Å². The highest BCUT2D eigenvalue weighted by molar-refractivity contribution is 6.21. The third-order valence-corrected chi connectivity index (χ3v) is 8.47. The van der Waals surface area contributed by atoms with Crippen LogP contribution >= 0.6 is 0 Å². The zero-order valence-electron chi connectivity index (χ0n) is 24.2. The van der Waals surface area contributed by atoms with Crippen molar-refractivity contribution in [3.8, 4) is 22.6 Å². The third-order valence-electron chi connectivity index (χ3n) is 8.47. The van der Waals surface area contributed by atoms with Crippen LogP contribution in [0.5, 0.6) is 0 Å². The lowest BCUT2D eigenvalue weighted by Gasteiger charge is -2.25. The summed E-state index contributed by atoms with van der Waals surface area (Å²) in [6.07, 6.45) is 0. The first-order chi connectivity index (χ1) is 22.3. The predicted octanol–water partition coefficient (Wildman–Crippen LogP) is 11.7. The van der Waals surface area contributed by atoms with Crippen molar-refractivity contribution in [2.45, 2.75) is 0 Å². The van der Waals surface area contributed by atoms with E-state index >= 15 is 0 Å². The normalized spacial score (nSPS) is 11.6. The highest BCUT2D eigenvalue weighted by Gasteiger charge is 2.24. The second kappa shape index (κ2) is 10.2. The molecule has 4 nitrogen and oxygen atoms in total. The van der Waals surface area contributed by atoms with Crippen LogP contribution in [0.3, 0.4) is 0 Å². The van der Waals surface area contributed by atoms with E-state index in [1.165, 1.54) is 16.3 Å². The second-order valence-corrected chi connectivity index (χ2v) is 11.2. The van der Waals surface area contributed by atoms with Crippen LogP contribution in [0.4, 0.5) is 17.1 Å². The highest BCUT2D eigenvalue weighted by Crippen LogP contribution is 2.46. The Bertz CT molecular complexity index is 2480. The van der Waals surface area contributed by atoms with Crippen LogP contribution < -0.4 is 4.90 Å². The van der Waals surface area contributed by atoms with Crippen LogP contribution in [0.2, 0.25) is 0 Å². The van der Waals surface area contributed by atoms with Gasteiger partial charge in [-0.3, -0.25) is 0 Å². The minimum Gasteiger partial charge on any atom is -0.454 e. The Morgan fingerprint density at radius 1 is 0.467 bits per heavy atom. The fraction of sp³-hybridized carbons (Fsp3) is 0. The minimum atomic E-state index is 0.584. The van der Waals surface area contributed by atoms with Crippen molar-refractivity contribution in [1.29, 1.82) is 0 Å². The van der Waals surface area contributed by atoms with Gasteiger partial charge in [-0.1, -0.05) is 103 Å². The number of anilines is 3. The van der Waals surface area contributed by atoms with E-state index in [0.29, 0.717) is 11.5 Å². The number of benzene rings is 7. The van der Waals surface area contributed by atoms with Crippen LogP contribution in [0.1, 0.15) is 0 Å². The Labute approximate surface area is 259 Å². The molecule has 0 aliphatic carbocycles. The molecule has 0 aliphatic rings. The summed E-state index contributed by atoms with van der Waals surface area (Å²) in [4.78, 5) is 7.24. The van der Waals surface area contributed by atoms with E-state index in [1.54, 1.807) is 0 Å². The van der Waals surface area contributed by atoms with Crippen LogP contribution in [-0.4, -0.2) is 4.98 Å². The number of para-hydroxylation sites is 2. The van der Waals surface area contributed by atoms with E-state index in [9.17, 15) is 0 Å². The van der Waals surface area contributed by atoms with Gasteiger partial charge in [0.15, 0.2) is 11.2 Å². The number of fused-ring (bicyclic) bond motifs is 6. The maximum absolute atomic E-state index is 6.64. The molecule has 0 aliphatic heterocycles. The standard InChI is InChI=1S/C41H26N2O2/c1-3-12-29(13-4-1)41-42-39-37(45-41)26-35(40-38(39)34-17-9-10-18-36(34)44-40)43(32-15-5-2-6-16-32)33-23-21-28(22-24-33)31-20-19-27-11-7-8-14-30(27)25-31/h1-26H. The molecule has 2 heterocycles. The summed E-state index contributed by atoms with van der Waals surface area (Å²) in [6.45, 7) is 0. The van der Waals surface area contributed by atoms with Crippen LogP contribution in [0, 0.1) is 0 Å². The molecule has 0 fully saturated rings. The maximum atomic E-state index is 6.64. The van der Waals surface area contributed by atoms with E-state index < -0.39 is 0 Å². The average molecular weight is 579 g/mol. The molecule has 0 radical (unpaired) electrons. The van der Waals surface area contributed by atoms with Gasteiger partial charge in [-0.05, 0) is 70.4 Å². The lowest BCUT2D eigenvalue weighted by atomic mass is 10.0. The monoisotopic (exact) mass is 578 g/mol. The van der Waals surface area contributed by atoms with Gasteiger partial charge < -0.3 is 13.7 Å². The third kappa shape index (κ3) is 4.27. The quantitative estimate of drug-likeness (QED) is 0.204. The Balaban J connectivity index is 1.26. The molecular formula is C41H26N2O2. The molecule has 4 heteroatoms. The molecule has 0 bridgehead atoms. The molecule has 0 saturated carbocycles. The maximum Gasteiger partial charge on any atom is 0.227 e. The summed E-state index contributed by atoms with van der Waals surface area (Å²) in [7, 11) is 0. The lowest BCUT2D eigenvalue weighted by Crippen LogP contribution is -2.10. The molecule has 0 amide bonds. The number of hydrogen-bond donors (Lipinski definition) is 0. The number of furan rings is 1. The summed E-state index contributed by atoms with van der Waals surface area (Å²) < 4.78 is 13.1. The SMILES string of the molecule is c1ccc(-c2nc3c(cc(N(c4ccccc4)c4ccc(-c5ccc6ccccc6c5)cc4)c4oc5ccccc5c43)o2)cc1. The van der Waals surface area contributed by atoms with Crippen LogP contribution in [0.25, 0.3) is 66.4 Å². The van der Waals surface area contributed by atoms with Gasteiger partial charge in [0.05, 0.1) is 11.1 Å². The summed E-state index contributed by atoms with van der Waals surface area (Å²) >= 11 is 0. The Kier molecular flexibility index (Phi) is 5.78. The zero-order valence-corrected chi connectivity index (χ0v) is 24.2. The van der Waals surface area contributed by atoms with Crippen molar-refractivity contribution in [3.63, 3.8) is 0 Å². The van der Waals surface area contributed by atoms with Gasteiger partial charge in [0.25, 0.3) is 0 Å². The smallest absolute Gasteiger partial charge is 0.227 e. The summed E-state index contributed by atoms with van der Waals surface area (Å²) in [5.74, 6) is 0.584. The van der Waals surface area contributed by atoms with Crippen LogP contribution in [0.15, 0.2) is 167 Å². The molecule has 212 valence electrons. The first kappa shape index (κ1) is 25.4. The first-order valence-electron chi connectivity index (χ1n) is 15.0. The first-order valence-corrected chi connectivity index (χ1v) is 15.0. The zero-order chi connectivity index (χ0) is 29.7. The molecule has 2 aromatic heterocycles. The van der Waals surface area contributed by atoms with Crippen molar-refractivity contribution in [3.05, 3.63) is 158 Å². The Hall–Kier alpha value is -6.13. The van der Waals surface area contributed by atoms with E-state index in [0.717, 1.165) is 55.6 Å². The molecule has 45 heavy (non-hydrogen) atoms. The molecule has 9 rings (SSSR count). The number of oxazole rings is 1. The van der Waals surface area contributed by atoms with Gasteiger partial charge in [0.1, 0.15) is 11.1 Å². The number of hydrogen-bond acceptors (Lipinski definition) is 4. The van der Waals surface area contributed by atoms with Gasteiger partial charge in [-0.2, -0.15) is 0 Å². The summed E-state index contributed by atoms with van der Waals surface area (Å²) in [5, 5.41) is 4.42. The molecule has 7 aromatic carbocycles. The molecule has 0 saturated heterocycles. The molecule has 0 N–H and O–H groups in total. The Morgan fingerprint density at radius 3 is 1.96 bits per heavy atom. The number of aromatic nitrogens is 1. The van der Waals surface area contributed by atoms with E-state index in [4.69, 9.17) is 13.8 Å². The van der Waals surface area contributed by atoms with Gasteiger partial charge in [-0.25, -0.2) is 4.98 Å². The molecule has 0 atom stereocenters. The Morgan fingerprint density at radius 2 is 1.13 bits per heavy atom. The van der Waals surface area contributed by atoms with Crippen molar-refractivity contribution in [2.24, 2.45) is 0 Å². The topological polar surface area (TPSA) is 42.4 Å². The van der Waals surface area contributed by atoms with E-state index in [1.807, 2.05) is 54.6 Å². The molecule has 0 spiro atoms. The van der Waals surface area contributed by atoms with Gasteiger partial charge in [-0.15, -0.1) is 0 Å². The van der Waals surface area contributed by atoms with Gasteiger partial charge in [0.2, 0.25) is 5.89 Å². The van der Waals surface area contributed by atoms with Crippen molar-refractivity contribution in [1.82, 2.24) is 4.98 Å². The number of rotatable bonds is 5. The highest BCUT2D eigenvalue weighted by atomic mass is 16.4. The molecular weight excluding hydrogens is 552 g/mol. The lowest BCUT2D eigenvalue weighted by molar-refractivity contribution is 0.619. The average Bonchev–Trinajstić information content (AvgIpc) is 3.71. The van der Waals surface area contributed by atoms with Gasteiger partial charge in [0, 0.05) is 28.4 Å². The van der Waals surface area contributed by atoms with Gasteiger partial charge >= 0.3 is 0 Å². The van der Waals surface area contributed by atoms with Crippen molar-refractivity contribution >= 4 is 60.9 Å². The van der Waals surface area contributed by atoms with Crippen LogP contribution in [-0.2, 0) is 0 Å². The minimum absolute atomic E-state index is 0.584.